The summed E-state index contributed by atoms with van der Waals surface area (Å²) in [6.07, 6.45) is 6.12. The zero-order valence-electron chi connectivity index (χ0n) is 14.4. The second-order valence-electron chi connectivity index (χ2n) is 8.70. The highest BCUT2D eigenvalue weighted by Gasteiger charge is 2.60. The van der Waals surface area contributed by atoms with Gasteiger partial charge in [0.05, 0.1) is 16.4 Å². The zero-order chi connectivity index (χ0) is 17.8. The highest BCUT2D eigenvalue weighted by molar-refractivity contribution is 5.88. The van der Waals surface area contributed by atoms with Crippen molar-refractivity contribution in [3.63, 3.8) is 0 Å². The van der Waals surface area contributed by atoms with Crippen molar-refractivity contribution in [2.75, 3.05) is 13.1 Å². The van der Waals surface area contributed by atoms with Gasteiger partial charge in [-0.1, -0.05) is 0 Å². The Hall–Kier alpha value is -1.70. The lowest BCUT2D eigenvalue weighted by Crippen LogP contribution is -2.65. The topological polar surface area (TPSA) is 116 Å². The van der Waals surface area contributed by atoms with Crippen LogP contribution >= 0.6 is 0 Å². The fourth-order valence-electron chi connectivity index (χ4n) is 6.33. The minimum Gasteiger partial charge on any atom is -0.390 e. The molecule has 0 aromatic carbocycles. The minimum absolute atomic E-state index is 0.136. The molecule has 25 heavy (non-hydrogen) atoms. The van der Waals surface area contributed by atoms with Gasteiger partial charge in [-0.2, -0.15) is 0 Å². The molecule has 1 heterocycles. The summed E-state index contributed by atoms with van der Waals surface area (Å²) in [7, 11) is 0. The Morgan fingerprint density at radius 2 is 1.92 bits per heavy atom. The number of hydrogen-bond acceptors (Lipinski definition) is 5. The lowest BCUT2D eigenvalue weighted by atomic mass is 9.51. The van der Waals surface area contributed by atoms with Crippen molar-refractivity contribution >= 4 is 11.8 Å². The molecule has 0 spiro atoms. The second-order valence-corrected chi connectivity index (χ2v) is 8.70. The van der Waals surface area contributed by atoms with E-state index in [0.717, 1.165) is 38.5 Å². The maximum absolute atomic E-state index is 12.7. The van der Waals surface area contributed by atoms with Gasteiger partial charge in [0.2, 0.25) is 11.8 Å². The first-order valence-corrected chi connectivity index (χ1v) is 9.26. The van der Waals surface area contributed by atoms with Gasteiger partial charge >= 0.3 is 0 Å². The quantitative estimate of drug-likeness (QED) is 0.425. The van der Waals surface area contributed by atoms with Gasteiger partial charge < -0.3 is 15.7 Å². The summed E-state index contributed by atoms with van der Waals surface area (Å²) in [6.45, 7) is 0.351. The monoisotopic (exact) mass is 352 g/mol. The third-order valence-electron chi connectivity index (χ3n) is 6.83. The molecule has 0 aromatic heterocycles. The number of likely N-dealkylation sites (tertiary alicyclic amines) is 1. The highest BCUT2D eigenvalue weighted by Crippen LogP contribution is 2.59. The molecule has 5 fully saturated rings. The highest BCUT2D eigenvalue weighted by atomic mass is 16.3. The number of nitrogens with zero attached hydrogens (tertiary/aromatic N) is 3. The number of carbonyl (C=O) groups excluding carboxylic acids is 2. The maximum Gasteiger partial charge on any atom is 0.244 e. The first-order chi connectivity index (χ1) is 11.8. The fraction of sp³-hybridized carbons (Fsp3) is 0.882. The van der Waals surface area contributed by atoms with Crippen molar-refractivity contribution in [1.29, 1.82) is 0 Å². The third kappa shape index (κ3) is 2.70. The predicted molar refractivity (Wildman–Crippen MR) is 88.8 cm³/mol. The molecule has 138 valence electrons. The second kappa shape index (κ2) is 5.65. The van der Waals surface area contributed by atoms with Crippen molar-refractivity contribution in [3.8, 4) is 0 Å². The molecule has 8 heteroatoms. The normalized spacial score (nSPS) is 41.8. The van der Waals surface area contributed by atoms with E-state index < -0.39 is 23.1 Å². The summed E-state index contributed by atoms with van der Waals surface area (Å²) in [6, 6.07) is -0.582. The van der Waals surface area contributed by atoms with Crippen LogP contribution in [0.15, 0.2) is 5.29 Å². The Morgan fingerprint density at radius 1 is 1.24 bits per heavy atom. The Kier molecular flexibility index (Phi) is 3.79. The molecular formula is C17H26N4O4. The van der Waals surface area contributed by atoms with Crippen molar-refractivity contribution in [3.05, 3.63) is 4.91 Å². The van der Waals surface area contributed by atoms with E-state index in [1.807, 2.05) is 0 Å². The van der Waals surface area contributed by atoms with Gasteiger partial charge in [0.25, 0.3) is 0 Å². The van der Waals surface area contributed by atoms with Crippen LogP contribution in [-0.2, 0) is 9.59 Å². The maximum atomic E-state index is 12.7. The van der Waals surface area contributed by atoms with E-state index in [-0.39, 0.29) is 12.5 Å². The zero-order valence-corrected chi connectivity index (χ0v) is 14.4. The van der Waals surface area contributed by atoms with Crippen LogP contribution in [0.3, 0.4) is 0 Å². The van der Waals surface area contributed by atoms with E-state index >= 15 is 0 Å². The number of nitroso groups, excluding NO2 is 1. The molecule has 4 aliphatic carbocycles. The summed E-state index contributed by atoms with van der Waals surface area (Å²) < 4.78 is 0. The molecule has 4 saturated carbocycles. The molecule has 1 saturated heterocycles. The van der Waals surface area contributed by atoms with Gasteiger partial charge in [-0.3, -0.25) is 9.59 Å². The van der Waals surface area contributed by atoms with Crippen LogP contribution in [0.1, 0.15) is 51.4 Å². The number of aliphatic hydroxyl groups is 1. The molecule has 2 unspecified atom stereocenters. The molecule has 1 aliphatic heterocycles. The summed E-state index contributed by atoms with van der Waals surface area (Å²) >= 11 is 0. The van der Waals surface area contributed by atoms with E-state index in [4.69, 9.17) is 5.73 Å². The van der Waals surface area contributed by atoms with Crippen LogP contribution in [0.25, 0.3) is 0 Å². The van der Waals surface area contributed by atoms with Gasteiger partial charge in [-0.25, -0.2) is 5.01 Å². The van der Waals surface area contributed by atoms with Gasteiger partial charge in [0.1, 0.15) is 12.6 Å². The van der Waals surface area contributed by atoms with Crippen LogP contribution in [0.4, 0.5) is 0 Å². The van der Waals surface area contributed by atoms with Crippen LogP contribution in [0.5, 0.6) is 0 Å². The van der Waals surface area contributed by atoms with Crippen molar-refractivity contribution in [2.45, 2.75) is 68.5 Å². The number of hydrogen-bond donors (Lipinski definition) is 2. The van der Waals surface area contributed by atoms with Crippen LogP contribution < -0.4 is 5.73 Å². The number of rotatable bonds is 5. The molecule has 0 aromatic rings. The minimum atomic E-state index is -0.723. The van der Waals surface area contributed by atoms with Crippen LogP contribution in [0.2, 0.25) is 0 Å². The Morgan fingerprint density at radius 3 is 2.48 bits per heavy atom. The van der Waals surface area contributed by atoms with Crippen LogP contribution in [0, 0.1) is 16.7 Å². The fourth-order valence-corrected chi connectivity index (χ4v) is 6.33. The van der Waals surface area contributed by atoms with Gasteiger partial charge in [-0.15, -0.1) is 4.91 Å². The third-order valence-corrected chi connectivity index (χ3v) is 6.83. The lowest BCUT2D eigenvalue weighted by molar-refractivity contribution is -0.179. The van der Waals surface area contributed by atoms with Crippen molar-refractivity contribution < 1.29 is 14.7 Å². The van der Waals surface area contributed by atoms with E-state index in [1.165, 1.54) is 9.91 Å². The molecule has 5 atom stereocenters. The molecule has 5 rings (SSSR count). The number of carbonyl (C=O) groups is 2. The van der Waals surface area contributed by atoms with E-state index in [1.54, 1.807) is 0 Å². The number of nitrogens with two attached hydrogens (primary N) is 1. The predicted octanol–water partition coefficient (Wildman–Crippen LogP) is 0.530. The standard InChI is InChI=1S/C17H26N4O4/c18-15(23)13-2-1-3-20(13)14(22)9-21(19-25)16-5-11-4-12(6-16)8-17(24,7-11)10-16/h11-13,24H,1-10H2,(H2,18,23)/t11-,12+,13-,16?,17?/m0/s1/i9+1,14+1. The SMILES string of the molecule is NC(=O)[C@@H]1CCCN1[13C](=O)[13CH2]N(N=O)C12C[C@@H]3C[C@@H](CC(O)(C3)C1)C2. The summed E-state index contributed by atoms with van der Waals surface area (Å²) in [5.74, 6) is 0.0238. The average Bonchev–Trinajstić information content (AvgIpc) is 2.99. The van der Waals surface area contributed by atoms with Gasteiger partial charge in [0.15, 0.2) is 0 Å². The summed E-state index contributed by atoms with van der Waals surface area (Å²) in [4.78, 5) is 37.4. The van der Waals surface area contributed by atoms with Crippen molar-refractivity contribution in [1.82, 2.24) is 9.91 Å². The van der Waals surface area contributed by atoms with Gasteiger partial charge in [-0.05, 0) is 56.8 Å². The summed E-state index contributed by atoms with van der Waals surface area (Å²) in [5.41, 5.74) is 4.15. The van der Waals surface area contributed by atoms with Crippen molar-refractivity contribution in [2.24, 2.45) is 22.9 Å². The lowest BCUT2D eigenvalue weighted by Gasteiger charge is -2.61. The molecule has 5 aliphatic rings. The molecule has 2 amide bonds. The number of amides is 2. The van der Waals surface area contributed by atoms with Gasteiger partial charge in [0, 0.05) is 13.0 Å². The van der Waals surface area contributed by atoms with E-state index in [9.17, 15) is 19.6 Å². The van der Waals surface area contributed by atoms with Crippen LogP contribution in [-0.4, -0.2) is 57.1 Å². The first-order valence-electron chi connectivity index (χ1n) is 9.26. The average molecular weight is 352 g/mol. The molecular weight excluding hydrogens is 326 g/mol. The molecule has 4 bridgehead atoms. The summed E-state index contributed by atoms with van der Waals surface area (Å²) in [5, 5.41) is 15.4. The Labute approximate surface area is 146 Å². The Balaban J connectivity index is 1.52. The largest absolute Gasteiger partial charge is 0.390 e. The number of primary amides is 1. The molecule has 3 N–H and O–H groups in total. The molecule has 0 radical (unpaired) electrons. The first kappa shape index (κ1) is 16.8. The van der Waals surface area contributed by atoms with E-state index in [0.29, 0.717) is 31.2 Å². The Bertz CT molecular complexity index is 595. The van der Waals surface area contributed by atoms with E-state index in [2.05, 4.69) is 5.29 Å². The smallest absolute Gasteiger partial charge is 0.244 e. The molecule has 8 nitrogen and oxygen atoms in total.